The van der Waals surface area contributed by atoms with Crippen LogP contribution in [0.2, 0.25) is 0 Å². The molecule has 0 radical (unpaired) electrons. The van der Waals surface area contributed by atoms with Gasteiger partial charge in [-0.2, -0.15) is 0 Å². The van der Waals surface area contributed by atoms with Gasteiger partial charge in [0, 0.05) is 32.6 Å². The van der Waals surface area contributed by atoms with Gasteiger partial charge in [0.1, 0.15) is 0 Å². The van der Waals surface area contributed by atoms with Crippen molar-refractivity contribution in [2.75, 3.05) is 0 Å². The smallest absolute Gasteiger partial charge is 0.0547 e. The molecule has 11 aromatic carbocycles. The predicted octanol–water partition coefficient (Wildman–Crippen LogP) is 15.8. The first-order valence-corrected chi connectivity index (χ1v) is 20.8. The van der Waals surface area contributed by atoms with Crippen molar-refractivity contribution < 1.29 is 0 Å². The zero-order chi connectivity index (χ0) is 39.1. The number of hydrogen-bond donors (Lipinski definition) is 0. The minimum absolute atomic E-state index is 1.17. The van der Waals surface area contributed by atoms with Gasteiger partial charge in [0.05, 0.1) is 27.8 Å². The Morgan fingerprint density at radius 3 is 1.45 bits per heavy atom. The Balaban J connectivity index is 0.974. The summed E-state index contributed by atoms with van der Waals surface area (Å²) in [5, 5.41) is 15.4. The Morgan fingerprint density at radius 1 is 0.233 bits per heavy atom. The molecule has 1 aliphatic rings. The lowest BCUT2D eigenvalue weighted by molar-refractivity contribution is 1.19. The summed E-state index contributed by atoms with van der Waals surface area (Å²) >= 11 is 0. The van der Waals surface area contributed by atoms with E-state index in [1.165, 1.54) is 131 Å². The molecule has 2 aromatic heterocycles. The van der Waals surface area contributed by atoms with Crippen LogP contribution < -0.4 is 0 Å². The maximum atomic E-state index is 2.48. The Kier molecular flexibility index (Phi) is 6.32. The lowest BCUT2D eigenvalue weighted by atomic mass is 9.94. The van der Waals surface area contributed by atoms with E-state index in [4.69, 9.17) is 0 Å². The van der Waals surface area contributed by atoms with Gasteiger partial charge >= 0.3 is 0 Å². The number of aromatic nitrogens is 2. The van der Waals surface area contributed by atoms with Crippen molar-refractivity contribution in [3.63, 3.8) is 0 Å². The van der Waals surface area contributed by atoms with Crippen LogP contribution in [0.15, 0.2) is 206 Å². The summed E-state index contributed by atoms with van der Waals surface area (Å²) in [5.41, 5.74) is 14.9. The zero-order valence-electron chi connectivity index (χ0n) is 32.5. The second-order valence-corrected chi connectivity index (χ2v) is 16.4. The van der Waals surface area contributed by atoms with Crippen LogP contribution in [0.25, 0.3) is 131 Å². The van der Waals surface area contributed by atoms with Gasteiger partial charge < -0.3 is 9.13 Å². The summed E-state index contributed by atoms with van der Waals surface area (Å²) < 4.78 is 4.95. The predicted molar refractivity (Wildman–Crippen MR) is 255 cm³/mol. The summed E-state index contributed by atoms with van der Waals surface area (Å²) in [6.45, 7) is 0. The first-order chi connectivity index (χ1) is 29.8. The molecule has 2 heterocycles. The number of rotatable bonds is 3. The molecule has 60 heavy (non-hydrogen) atoms. The molecule has 0 N–H and O–H groups in total. The summed E-state index contributed by atoms with van der Waals surface area (Å²) in [6.07, 6.45) is 0. The Bertz CT molecular complexity index is 3940. The lowest BCUT2D eigenvalue weighted by Crippen LogP contribution is -1.96. The minimum Gasteiger partial charge on any atom is -0.309 e. The third-order valence-corrected chi connectivity index (χ3v) is 13.4. The van der Waals surface area contributed by atoms with E-state index in [0.29, 0.717) is 0 Å². The molecule has 2 nitrogen and oxygen atoms in total. The molecule has 0 spiro atoms. The van der Waals surface area contributed by atoms with Crippen LogP contribution in [0.3, 0.4) is 0 Å². The third kappa shape index (κ3) is 4.22. The third-order valence-electron chi connectivity index (χ3n) is 13.4. The average Bonchev–Trinajstić information content (AvgIpc) is 3.95. The fourth-order valence-electron chi connectivity index (χ4n) is 10.9. The van der Waals surface area contributed by atoms with E-state index in [-0.39, 0.29) is 0 Å². The second-order valence-electron chi connectivity index (χ2n) is 16.4. The van der Waals surface area contributed by atoms with Crippen LogP contribution in [0, 0.1) is 0 Å². The molecular formula is C58H34N2. The molecule has 276 valence electrons. The van der Waals surface area contributed by atoms with E-state index < -0.39 is 0 Å². The van der Waals surface area contributed by atoms with Crippen molar-refractivity contribution in [3.05, 3.63) is 206 Å². The highest BCUT2D eigenvalue weighted by Crippen LogP contribution is 2.49. The van der Waals surface area contributed by atoms with Crippen LogP contribution in [0.1, 0.15) is 0 Å². The van der Waals surface area contributed by atoms with Crippen molar-refractivity contribution >= 4 is 86.7 Å². The normalized spacial score (nSPS) is 12.3. The van der Waals surface area contributed by atoms with E-state index in [9.17, 15) is 0 Å². The fraction of sp³-hybridized carbons (Fsp3) is 0. The largest absolute Gasteiger partial charge is 0.309 e. The summed E-state index contributed by atoms with van der Waals surface area (Å²) in [5.74, 6) is 0. The summed E-state index contributed by atoms with van der Waals surface area (Å²) in [6, 6.07) is 76.8. The summed E-state index contributed by atoms with van der Waals surface area (Å²) in [7, 11) is 0. The molecule has 0 saturated carbocycles. The highest BCUT2D eigenvalue weighted by molar-refractivity contribution is 6.26. The molecule has 0 fully saturated rings. The molecule has 0 aliphatic heterocycles. The van der Waals surface area contributed by atoms with Crippen molar-refractivity contribution in [1.82, 2.24) is 9.13 Å². The number of fused-ring (bicyclic) bond motifs is 15. The van der Waals surface area contributed by atoms with Crippen molar-refractivity contribution in [3.8, 4) is 44.8 Å². The molecule has 14 rings (SSSR count). The maximum Gasteiger partial charge on any atom is 0.0547 e. The minimum atomic E-state index is 1.17. The van der Waals surface area contributed by atoms with E-state index in [1.54, 1.807) is 0 Å². The molecular weight excluding hydrogens is 725 g/mol. The van der Waals surface area contributed by atoms with Crippen LogP contribution >= 0.6 is 0 Å². The van der Waals surface area contributed by atoms with Gasteiger partial charge in [-0.05, 0) is 120 Å². The van der Waals surface area contributed by atoms with E-state index >= 15 is 0 Å². The van der Waals surface area contributed by atoms with E-state index in [1.807, 2.05) is 0 Å². The topological polar surface area (TPSA) is 9.86 Å². The fourth-order valence-corrected chi connectivity index (χ4v) is 10.9. The van der Waals surface area contributed by atoms with Gasteiger partial charge in [-0.3, -0.25) is 0 Å². The van der Waals surface area contributed by atoms with Crippen molar-refractivity contribution in [2.45, 2.75) is 0 Å². The van der Waals surface area contributed by atoms with Crippen LogP contribution in [0.5, 0.6) is 0 Å². The van der Waals surface area contributed by atoms with Crippen LogP contribution in [0.4, 0.5) is 0 Å². The number of benzene rings is 11. The Hall–Kier alpha value is -7.94. The molecule has 0 unspecified atom stereocenters. The van der Waals surface area contributed by atoms with Crippen molar-refractivity contribution in [1.29, 1.82) is 0 Å². The van der Waals surface area contributed by atoms with Gasteiger partial charge in [0.2, 0.25) is 0 Å². The van der Waals surface area contributed by atoms with Crippen LogP contribution in [-0.4, -0.2) is 9.13 Å². The van der Waals surface area contributed by atoms with Gasteiger partial charge in [0.25, 0.3) is 0 Å². The van der Waals surface area contributed by atoms with E-state index in [0.717, 1.165) is 0 Å². The standard InChI is InChI=1S/C58H34N2/c1-2-14-40-38(12-1)39-13-3-6-17-43(39)51-34-37(26-28-44(40)51)59-53-22-9-7-18-45(53)47-27-24-36(33-57(47)59)35-25-30-56-52(32-35)46-19-8-10-23-54(46)60(56)55-31-29-49-42-16-5-4-15-41(42)48-20-11-21-50(55)58(48)49/h1-34H. The highest BCUT2D eigenvalue weighted by atomic mass is 15.0. The molecule has 2 heteroatoms. The zero-order valence-corrected chi connectivity index (χ0v) is 32.5. The molecule has 0 saturated heterocycles. The molecule has 0 atom stereocenters. The quantitative estimate of drug-likeness (QED) is 0.159. The second kappa shape index (κ2) is 11.8. The average molecular weight is 759 g/mol. The molecule has 0 bridgehead atoms. The summed E-state index contributed by atoms with van der Waals surface area (Å²) in [4.78, 5) is 0. The Labute approximate surface area is 345 Å². The maximum absolute atomic E-state index is 2.48. The first-order valence-electron chi connectivity index (χ1n) is 20.8. The molecule has 1 aliphatic carbocycles. The first kappa shape index (κ1) is 32.1. The molecule has 13 aromatic rings. The lowest BCUT2D eigenvalue weighted by Gasteiger charge is -2.14. The Morgan fingerprint density at radius 2 is 0.717 bits per heavy atom. The van der Waals surface area contributed by atoms with Crippen molar-refractivity contribution in [2.24, 2.45) is 0 Å². The van der Waals surface area contributed by atoms with Gasteiger partial charge in [-0.1, -0.05) is 158 Å². The molecule has 0 amide bonds. The highest BCUT2D eigenvalue weighted by Gasteiger charge is 2.24. The monoisotopic (exact) mass is 758 g/mol. The van der Waals surface area contributed by atoms with Crippen LogP contribution in [-0.2, 0) is 0 Å². The van der Waals surface area contributed by atoms with Gasteiger partial charge in [0.15, 0.2) is 0 Å². The van der Waals surface area contributed by atoms with E-state index in [2.05, 4.69) is 215 Å². The number of nitrogens with zero attached hydrogens (tertiary/aromatic N) is 2. The van der Waals surface area contributed by atoms with Gasteiger partial charge in [-0.25, -0.2) is 0 Å². The SMILES string of the molecule is c1ccc2c(c1)-c1cccc3c(-n4c5ccccc5c5cc(-c6ccc7c8ccccc8n(-c8ccc9c%10ccccc%10c%10ccccc%10c9c8)c7c6)ccc54)ccc-2c13. The van der Waals surface area contributed by atoms with Gasteiger partial charge in [-0.15, -0.1) is 0 Å². The number of hydrogen-bond acceptors (Lipinski definition) is 0. The number of para-hydroxylation sites is 2.